The van der Waals surface area contributed by atoms with Crippen LogP contribution < -0.4 is 0 Å². The molecule has 1 saturated heterocycles. The molecule has 3 heteroatoms. The molecule has 1 aliphatic heterocycles. The van der Waals surface area contributed by atoms with Gasteiger partial charge < -0.3 is 4.90 Å². The molecule has 23 heavy (non-hydrogen) atoms. The van der Waals surface area contributed by atoms with Gasteiger partial charge in [-0.3, -0.25) is 9.59 Å². The van der Waals surface area contributed by atoms with E-state index in [4.69, 9.17) is 0 Å². The largest absolute Gasteiger partial charge is 0.329 e. The fourth-order valence-corrected chi connectivity index (χ4v) is 3.25. The molecular weight excluding hydrogens is 286 g/mol. The predicted octanol–water partition coefficient (Wildman–Crippen LogP) is 3.66. The Labute approximate surface area is 136 Å². The van der Waals surface area contributed by atoms with Gasteiger partial charge in [0.25, 0.3) is 5.91 Å². The molecular formula is C20H21NO2. The first kappa shape index (κ1) is 15.5. The van der Waals surface area contributed by atoms with Crippen LogP contribution in [-0.4, -0.2) is 29.2 Å². The molecule has 0 bridgehead atoms. The third kappa shape index (κ3) is 3.19. The lowest BCUT2D eigenvalue weighted by Gasteiger charge is -2.26. The first-order chi connectivity index (χ1) is 11.2. The molecule has 2 unspecified atom stereocenters. The van der Waals surface area contributed by atoms with E-state index in [2.05, 4.69) is 0 Å². The summed E-state index contributed by atoms with van der Waals surface area (Å²) in [5.74, 6) is -0.0925. The van der Waals surface area contributed by atoms with Crippen molar-refractivity contribution in [2.75, 3.05) is 6.54 Å². The van der Waals surface area contributed by atoms with E-state index in [1.54, 1.807) is 4.90 Å². The van der Waals surface area contributed by atoms with Gasteiger partial charge in [0.05, 0.1) is 6.04 Å². The van der Waals surface area contributed by atoms with Crippen molar-refractivity contribution in [1.29, 1.82) is 0 Å². The maximum atomic E-state index is 12.9. The fraction of sp³-hybridized carbons (Fsp3) is 0.300. The van der Waals surface area contributed by atoms with Crippen molar-refractivity contribution in [2.24, 2.45) is 0 Å². The quantitative estimate of drug-likeness (QED) is 0.864. The number of Topliss-reactive ketones (excluding diaryl/α,β-unsaturated/α-hetero) is 1. The Morgan fingerprint density at radius 2 is 1.61 bits per heavy atom. The first-order valence-electron chi connectivity index (χ1n) is 8.13. The molecule has 2 aromatic carbocycles. The molecule has 0 aliphatic carbocycles. The molecule has 0 spiro atoms. The Balaban J connectivity index is 1.79. The minimum atomic E-state index is -0.307. The van der Waals surface area contributed by atoms with E-state index >= 15 is 0 Å². The first-order valence-corrected chi connectivity index (χ1v) is 8.13. The highest BCUT2D eigenvalue weighted by Gasteiger charge is 2.36. The van der Waals surface area contributed by atoms with Crippen LogP contribution in [0, 0.1) is 0 Å². The van der Waals surface area contributed by atoms with E-state index in [0.29, 0.717) is 12.1 Å². The number of ketones is 1. The minimum Gasteiger partial charge on any atom is -0.329 e. The zero-order valence-corrected chi connectivity index (χ0v) is 13.3. The van der Waals surface area contributed by atoms with Gasteiger partial charge in [-0.2, -0.15) is 0 Å². The Bertz CT molecular complexity index is 681. The van der Waals surface area contributed by atoms with Gasteiger partial charge in [0.2, 0.25) is 0 Å². The number of carbonyl (C=O) groups excluding carboxylic acids is 2. The molecule has 1 aliphatic rings. The van der Waals surface area contributed by atoms with E-state index in [1.807, 2.05) is 67.6 Å². The number of carbonyl (C=O) groups is 2. The molecule has 3 rings (SSSR count). The number of hydrogen-bond acceptors (Lipinski definition) is 2. The van der Waals surface area contributed by atoms with Crippen LogP contribution in [0.15, 0.2) is 60.7 Å². The second-order valence-electron chi connectivity index (χ2n) is 6.06. The highest BCUT2D eigenvalue weighted by atomic mass is 16.2. The molecule has 2 aromatic rings. The van der Waals surface area contributed by atoms with Crippen LogP contribution >= 0.6 is 0 Å². The molecule has 0 N–H and O–H groups in total. The number of likely N-dealkylation sites (tertiary alicyclic amines) is 1. The lowest BCUT2D eigenvalue weighted by molar-refractivity contribution is -0.123. The van der Waals surface area contributed by atoms with Crippen LogP contribution in [0.4, 0.5) is 0 Å². The second-order valence-corrected chi connectivity index (χ2v) is 6.06. The monoisotopic (exact) mass is 307 g/mol. The lowest BCUT2D eigenvalue weighted by Crippen LogP contribution is -2.42. The topological polar surface area (TPSA) is 37.4 Å². The van der Waals surface area contributed by atoms with Crippen LogP contribution in [0.25, 0.3) is 0 Å². The van der Waals surface area contributed by atoms with Gasteiger partial charge in [-0.05, 0) is 30.5 Å². The maximum absolute atomic E-state index is 12.9. The summed E-state index contributed by atoms with van der Waals surface area (Å²) >= 11 is 0. The number of hydrogen-bond donors (Lipinski definition) is 0. The Hall–Kier alpha value is -2.42. The van der Waals surface area contributed by atoms with Crippen molar-refractivity contribution in [3.63, 3.8) is 0 Å². The number of amides is 1. The van der Waals surface area contributed by atoms with E-state index in [1.165, 1.54) is 0 Å². The number of benzene rings is 2. The molecule has 3 nitrogen and oxygen atoms in total. The number of nitrogens with zero attached hydrogens (tertiary/aromatic N) is 1. The molecule has 0 aromatic heterocycles. The van der Waals surface area contributed by atoms with Crippen molar-refractivity contribution < 1.29 is 9.59 Å². The van der Waals surface area contributed by atoms with E-state index in [9.17, 15) is 9.59 Å². The predicted molar refractivity (Wildman–Crippen MR) is 90.4 cm³/mol. The third-order valence-electron chi connectivity index (χ3n) is 4.59. The van der Waals surface area contributed by atoms with Crippen molar-refractivity contribution >= 4 is 11.7 Å². The minimum absolute atomic E-state index is 0.0401. The summed E-state index contributed by atoms with van der Waals surface area (Å²) in [4.78, 5) is 27.3. The third-order valence-corrected chi connectivity index (χ3v) is 4.59. The molecule has 1 amide bonds. The molecule has 0 radical (unpaired) electrons. The van der Waals surface area contributed by atoms with Crippen LogP contribution in [0.3, 0.4) is 0 Å². The zero-order valence-electron chi connectivity index (χ0n) is 13.3. The molecule has 118 valence electrons. The summed E-state index contributed by atoms with van der Waals surface area (Å²) in [5.41, 5.74) is 1.66. The standard InChI is InChI=1S/C20H21NO2/c1-15(16-9-4-2-5-10-16)19(22)18-13-8-14-21(18)20(23)17-11-6-3-7-12-17/h2-7,9-12,15,18H,8,13-14H2,1H3. The van der Waals surface area contributed by atoms with Crippen LogP contribution in [-0.2, 0) is 4.79 Å². The smallest absolute Gasteiger partial charge is 0.254 e. The molecule has 1 fully saturated rings. The van der Waals surface area contributed by atoms with Crippen LogP contribution in [0.2, 0.25) is 0 Å². The van der Waals surface area contributed by atoms with Gasteiger partial charge in [0.15, 0.2) is 5.78 Å². The van der Waals surface area contributed by atoms with Gasteiger partial charge in [-0.15, -0.1) is 0 Å². The molecule has 2 atom stereocenters. The second kappa shape index (κ2) is 6.78. The number of rotatable bonds is 4. The Morgan fingerprint density at radius 3 is 2.26 bits per heavy atom. The van der Waals surface area contributed by atoms with E-state index < -0.39 is 0 Å². The van der Waals surface area contributed by atoms with Gasteiger partial charge in [-0.1, -0.05) is 55.5 Å². The van der Waals surface area contributed by atoms with E-state index in [-0.39, 0.29) is 23.7 Å². The molecule has 1 heterocycles. The van der Waals surface area contributed by atoms with Crippen LogP contribution in [0.5, 0.6) is 0 Å². The summed E-state index contributed by atoms with van der Waals surface area (Å²) < 4.78 is 0. The van der Waals surface area contributed by atoms with Gasteiger partial charge >= 0.3 is 0 Å². The maximum Gasteiger partial charge on any atom is 0.254 e. The highest BCUT2D eigenvalue weighted by Crippen LogP contribution is 2.27. The highest BCUT2D eigenvalue weighted by molar-refractivity contribution is 5.99. The van der Waals surface area contributed by atoms with Crippen molar-refractivity contribution in [2.45, 2.75) is 31.7 Å². The molecule has 0 saturated carbocycles. The average Bonchev–Trinajstić information content (AvgIpc) is 3.11. The SMILES string of the molecule is CC(C(=O)C1CCCN1C(=O)c1ccccc1)c1ccccc1. The normalized spacial score (nSPS) is 18.7. The Morgan fingerprint density at radius 1 is 1.00 bits per heavy atom. The van der Waals surface area contributed by atoms with Gasteiger partial charge in [0.1, 0.15) is 0 Å². The summed E-state index contributed by atoms with van der Waals surface area (Å²) in [6.45, 7) is 2.59. The average molecular weight is 307 g/mol. The van der Waals surface area contributed by atoms with Crippen molar-refractivity contribution in [1.82, 2.24) is 4.90 Å². The van der Waals surface area contributed by atoms with E-state index in [0.717, 1.165) is 18.4 Å². The summed E-state index contributed by atoms with van der Waals surface area (Å²) in [6.07, 6.45) is 1.64. The Kier molecular flexibility index (Phi) is 4.56. The summed E-state index contributed by atoms with van der Waals surface area (Å²) in [5, 5.41) is 0. The fourth-order valence-electron chi connectivity index (χ4n) is 3.25. The summed E-state index contributed by atoms with van der Waals surface area (Å²) in [7, 11) is 0. The van der Waals surface area contributed by atoms with Gasteiger partial charge in [0, 0.05) is 18.0 Å². The lowest BCUT2D eigenvalue weighted by atomic mass is 9.91. The zero-order chi connectivity index (χ0) is 16.2. The van der Waals surface area contributed by atoms with Crippen LogP contribution in [0.1, 0.15) is 41.6 Å². The summed E-state index contributed by atoms with van der Waals surface area (Å²) in [6, 6.07) is 18.7. The van der Waals surface area contributed by atoms with Crippen molar-refractivity contribution in [3.8, 4) is 0 Å². The van der Waals surface area contributed by atoms with Crippen molar-refractivity contribution in [3.05, 3.63) is 71.8 Å². The van der Waals surface area contributed by atoms with Gasteiger partial charge in [-0.25, -0.2) is 0 Å².